The van der Waals surface area contributed by atoms with Gasteiger partial charge in [0.2, 0.25) is 11.4 Å². The molecule has 144 heavy (non-hydrogen) atoms. The average molecular weight is 2140 g/mol. The summed E-state index contributed by atoms with van der Waals surface area (Å²) >= 11 is -2.17. The predicted octanol–water partition coefficient (Wildman–Crippen LogP) is 31.9. The van der Waals surface area contributed by atoms with Gasteiger partial charge in [-0.2, -0.15) is 46.6 Å². The van der Waals surface area contributed by atoms with Crippen molar-refractivity contribution in [2.24, 2.45) is 15.4 Å². The highest BCUT2D eigenvalue weighted by Crippen LogP contribution is 2.40. The maximum Gasteiger partial charge on any atom is 0.423 e. The van der Waals surface area contributed by atoms with Crippen molar-refractivity contribution in [2.75, 3.05) is 150 Å². The van der Waals surface area contributed by atoms with Gasteiger partial charge >= 0.3 is 35.6 Å². The van der Waals surface area contributed by atoms with Gasteiger partial charge in [-0.3, -0.25) is 20.0 Å². The molecule has 9 rings (SSSR count). The van der Waals surface area contributed by atoms with Gasteiger partial charge in [-0.25, -0.2) is 52.8 Å². The van der Waals surface area contributed by atoms with Crippen molar-refractivity contribution >= 4 is 113 Å². The minimum absolute atomic E-state index is 0. The number of aryl methyl sites for hydroxylation is 20. The van der Waals surface area contributed by atoms with E-state index in [2.05, 4.69) is 448 Å². The molecule has 0 aliphatic carbocycles. The van der Waals surface area contributed by atoms with Crippen LogP contribution in [0.15, 0.2) is 22.1 Å². The maximum absolute atomic E-state index is 10.2. The van der Waals surface area contributed by atoms with Crippen molar-refractivity contribution in [3.63, 3.8) is 0 Å². The Bertz CT molecular complexity index is 4590. The zero-order valence-corrected chi connectivity index (χ0v) is 117. The first-order chi connectivity index (χ1) is 64.2. The van der Waals surface area contributed by atoms with E-state index in [0.717, 1.165) is 99.8 Å². The largest absolute Gasteiger partial charge is 0.637 e. The number of rotatable bonds is 3. The number of nitrogens with zero attached hydrogens (tertiary/aromatic N) is 15. The number of aromatic nitrogens is 10. The molecule has 0 saturated carbocycles. The minimum atomic E-state index is -1.64. The molecule has 8 heterocycles. The van der Waals surface area contributed by atoms with Crippen LogP contribution in [0.25, 0.3) is 0 Å². The first-order valence-corrected chi connectivity index (χ1v) is 72.3. The van der Waals surface area contributed by atoms with Crippen molar-refractivity contribution in [3.8, 4) is 0 Å². The zero-order valence-electron chi connectivity index (χ0n) is 109. The highest BCUT2D eigenvalue weighted by atomic mass is 32.2. The maximum atomic E-state index is 10.2. The van der Waals surface area contributed by atoms with Crippen LogP contribution in [-0.4, -0.2) is 284 Å². The second-order valence-electron chi connectivity index (χ2n) is 48.5. The number of aliphatic imine (C=N–C) groups is 2. The number of hydrogen-bond acceptors (Lipinski definition) is 14. The molecule has 27 heteroatoms. The van der Waals surface area contributed by atoms with E-state index in [1.54, 1.807) is 34.1 Å². The van der Waals surface area contributed by atoms with E-state index in [4.69, 9.17) is 2.84 Å². The SMILES string of the molecule is CC(C)(C)C.CC1=[N+](C)C[N+](C)=C1C.CN=C(C)C(C)=NC.CP(C)(C)=O.C[B-](C)(C)C.C[N+](C)(C)C.C[O+](C)C.C[P+](C)(C)C.C[S+](C)C.Cc1c(C)c(C)c(C)c(C)c1C.Cc1cc(C)c(C)nc1C.Cc1cc(C)c(C)pc1C.Cc1nc(C)c(C)c(C)c1C.Cc1nc(C)c(C)c(C)n1.Cc1nc(C)nc(C)n1.Cc1nnc(C)c(C)c1C.Cc1npc(C)c(C)c1C.[CH3][Al-]([CH3])([CH3])[CH3].[CH3][Al]([CH3])[O][Al]([CH3])[CH3]. The Kier molecular flexibility index (Phi) is 87.6. The molecule has 824 valence electrons. The van der Waals surface area contributed by atoms with Gasteiger partial charge in [-0.05, 0) is 408 Å². The van der Waals surface area contributed by atoms with E-state index in [-0.39, 0.29) is 13.4 Å². The number of hydrogen-bond donors (Lipinski definition) is 0. The van der Waals surface area contributed by atoms with E-state index in [1.165, 1.54) is 141 Å². The lowest BCUT2D eigenvalue weighted by Gasteiger charge is -2.15. The molecule has 0 fully saturated rings. The van der Waals surface area contributed by atoms with Crippen LogP contribution in [0.2, 0.25) is 73.6 Å². The lowest BCUT2D eigenvalue weighted by Crippen LogP contribution is -2.27. The summed E-state index contributed by atoms with van der Waals surface area (Å²) < 4.78 is 28.2. The van der Waals surface area contributed by atoms with Crippen LogP contribution >= 0.6 is 30.9 Å². The highest BCUT2D eigenvalue weighted by Gasteiger charge is 2.26. The van der Waals surface area contributed by atoms with E-state index in [1.807, 2.05) is 111 Å². The molecule has 0 atom stereocenters. The lowest BCUT2D eigenvalue weighted by atomic mass is 9.32. The van der Waals surface area contributed by atoms with Gasteiger partial charge in [-0.15, -0.1) is 0 Å². The fourth-order valence-corrected chi connectivity index (χ4v) is 16.3. The summed E-state index contributed by atoms with van der Waals surface area (Å²) in [6, 6.07) is 4.44. The molecule has 8 aromatic rings. The number of quaternary nitrogens is 1. The Morgan fingerprint density at radius 3 is 0.799 bits per heavy atom. The van der Waals surface area contributed by atoms with E-state index in [9.17, 15) is 4.57 Å². The summed E-state index contributed by atoms with van der Waals surface area (Å²) in [6.07, 6.45) is 6.58. The molecule has 0 saturated heterocycles. The highest BCUT2D eigenvalue weighted by molar-refractivity contribution is 7.94. The van der Waals surface area contributed by atoms with Crippen molar-refractivity contribution < 1.29 is 25.4 Å². The lowest BCUT2D eigenvalue weighted by molar-refractivity contribution is -0.849. The number of benzene rings is 1. The topological polar surface area (TPSA) is 189 Å². The molecule has 0 bridgehead atoms. The molecule has 0 unspecified atom stereocenters. The van der Waals surface area contributed by atoms with Crippen molar-refractivity contribution in [1.29, 1.82) is 0 Å². The van der Waals surface area contributed by atoms with Crippen molar-refractivity contribution in [2.45, 2.75) is 364 Å². The van der Waals surface area contributed by atoms with Crippen LogP contribution in [0, 0.1) is 241 Å². The molecule has 0 N–H and O–H groups in total. The minimum Gasteiger partial charge on any atom is -0.637 e. The third-order valence-electron chi connectivity index (χ3n) is 20.3. The van der Waals surface area contributed by atoms with E-state index in [0.29, 0.717) is 16.3 Å². The van der Waals surface area contributed by atoms with Crippen LogP contribution in [0.3, 0.4) is 0 Å². The Balaban J connectivity index is -0.000000166. The van der Waals surface area contributed by atoms with Crippen LogP contribution in [0.1, 0.15) is 246 Å². The smallest absolute Gasteiger partial charge is 0.423 e. The molecular weight excluding hydrogens is 1910 g/mol. The molecule has 1 aromatic carbocycles. The Labute approximate surface area is 913 Å². The first-order valence-electron chi connectivity index (χ1n) is 51.3. The summed E-state index contributed by atoms with van der Waals surface area (Å²) in [4.78, 5) is 37.2. The van der Waals surface area contributed by atoms with Gasteiger partial charge in [-0.1, -0.05) is 71.2 Å². The van der Waals surface area contributed by atoms with Gasteiger partial charge in [0.25, 0.3) is 0 Å². The molecule has 7 aromatic heterocycles. The molecule has 0 spiro atoms. The monoisotopic (exact) mass is 2140 g/mol. The predicted molar refractivity (Wildman–Crippen MR) is 676 cm³/mol. The Hall–Kier alpha value is -4.85. The second-order valence-corrected chi connectivity index (χ2v) is 74.9. The third kappa shape index (κ3) is 97.9. The Morgan fingerprint density at radius 2 is 0.611 bits per heavy atom. The van der Waals surface area contributed by atoms with Gasteiger partial charge in [0.15, 0.2) is 0 Å². The summed E-state index contributed by atoms with van der Waals surface area (Å²) in [6.45, 7) is 112. The fourth-order valence-electron chi connectivity index (χ4n) is 10.2. The summed E-state index contributed by atoms with van der Waals surface area (Å²) in [5.74, 6) is 21.5. The summed E-state index contributed by atoms with van der Waals surface area (Å²) in [5.41, 5.74) is 40.0. The molecule has 18 nitrogen and oxygen atoms in total. The first kappa shape index (κ1) is 159. The van der Waals surface area contributed by atoms with Crippen LogP contribution in [0.4, 0.5) is 0 Å². The Morgan fingerprint density at radius 1 is 0.417 bits per heavy atom. The molecule has 1 aliphatic heterocycles. The third-order valence-corrected chi connectivity index (χ3v) is 27.0. The quantitative estimate of drug-likeness (QED) is 0.0407. The molecular formula is C117H229Al3BN15O3P4S+4. The van der Waals surface area contributed by atoms with E-state index < -0.39 is 49.2 Å². The summed E-state index contributed by atoms with van der Waals surface area (Å²) in [5, 5.41) is 12.3. The standard InChI is InChI=1S/C12H18.C10H15N.C9H13N.C9H13P.2C8H12N2.C8H12NP.C7H14N2.C6H9N3.C6H12N2.C5H12.C4H12B.C4H12N.C4H12P.C3H9OP.C3H9O.C3H9S.8CH3.3Al.O/c1-7-8(2)10(4)12(6)11(5)9(7)3;1-6-7(2)9(4)11-10(5)8(6)3;2*1-6-5-7(2)9(4)10-8(6)3;1-5-6(2)9-8(4)10-7(5)3;2*1-5-6(2)8(4)10-9-7(5)3;1-6-7(2)9(4)5-8(6)3;1-4-7-5(2)9-6(3)8-4;1-5(7-3)6(2)8-4;5*1-5(2,3)4;2*1-4(2)3;;;;;;;;;;;;/h1-6H3;1-5H3;2*5H,1-4H3;3*1-4H3;5H2,1-4H3;1-3H3;1-4H3;4*1-4H3;1-3H3;2*1-3H3;8*1H3;;;;/q;;;;;;;+2;;;;-1;2*+1;;2*+1;;;;;;;;;;;-1;. The van der Waals surface area contributed by atoms with Gasteiger partial charge < -0.3 is 16.3 Å². The van der Waals surface area contributed by atoms with Gasteiger partial charge in [0, 0.05) is 110 Å². The number of pyridine rings is 2. The average Bonchev–Trinajstić information content (AvgIpc) is 1.05. The van der Waals surface area contributed by atoms with Gasteiger partial charge in [0.1, 0.15) is 71.8 Å². The zero-order chi connectivity index (χ0) is 117. The van der Waals surface area contributed by atoms with Crippen LogP contribution in [0.5, 0.6) is 0 Å². The summed E-state index contributed by atoms with van der Waals surface area (Å²) in [7, 11) is 23.2. The fraction of sp³-hybridized carbons (Fsp3) is 0.658. The molecule has 0 amide bonds. The van der Waals surface area contributed by atoms with E-state index >= 15 is 0 Å². The van der Waals surface area contributed by atoms with Crippen molar-refractivity contribution in [1.82, 2.24) is 49.8 Å². The van der Waals surface area contributed by atoms with Gasteiger partial charge in [0.05, 0.1) is 76.9 Å². The second kappa shape index (κ2) is 79.2. The normalized spacial score (nSPS) is 11.3. The molecule has 1 aliphatic rings. The van der Waals surface area contributed by atoms with Crippen LogP contribution in [-0.2, 0) is 22.7 Å². The van der Waals surface area contributed by atoms with Crippen molar-refractivity contribution in [3.05, 3.63) is 203 Å². The van der Waals surface area contributed by atoms with Crippen LogP contribution < -0.4 is 0 Å². The molecule has 0 radical (unpaired) electrons.